The molecule has 3 rings (SSSR count). The average Bonchev–Trinajstić information content (AvgIpc) is 3.05. The minimum atomic E-state index is -1.33. The second kappa shape index (κ2) is 6.95. The van der Waals surface area contributed by atoms with Crippen LogP contribution in [-0.4, -0.2) is 28.6 Å². The molecule has 10 heteroatoms. The average molecular weight is 403 g/mol. The van der Waals surface area contributed by atoms with Crippen LogP contribution in [-0.2, 0) is 0 Å². The summed E-state index contributed by atoms with van der Waals surface area (Å²) < 4.78 is 10.6. The van der Waals surface area contributed by atoms with Gasteiger partial charge in [-0.3, -0.25) is 5.43 Å². The quantitative estimate of drug-likeness (QED) is 0.450. The van der Waals surface area contributed by atoms with Crippen LogP contribution in [0.2, 0.25) is 15.2 Å². The summed E-state index contributed by atoms with van der Waals surface area (Å²) >= 11 is 17.9. The summed E-state index contributed by atoms with van der Waals surface area (Å²) in [6.07, 6.45) is 0. The molecule has 0 amide bonds. The van der Waals surface area contributed by atoms with Crippen molar-refractivity contribution in [1.29, 1.82) is 0 Å². The van der Waals surface area contributed by atoms with Crippen LogP contribution in [0.1, 0.15) is 23.0 Å². The van der Waals surface area contributed by atoms with E-state index in [1.54, 1.807) is 25.1 Å². The molecule has 0 atom stereocenters. The highest BCUT2D eigenvalue weighted by atomic mass is 35.5. The molecular weight excluding hydrogens is 393 g/mol. The van der Waals surface area contributed by atoms with E-state index in [-0.39, 0.29) is 27.7 Å². The molecule has 0 radical (unpaired) electrons. The summed E-state index contributed by atoms with van der Waals surface area (Å²) in [5.41, 5.74) is 3.63. The highest BCUT2D eigenvalue weighted by Gasteiger charge is 2.21. The van der Waals surface area contributed by atoms with Gasteiger partial charge in [-0.1, -0.05) is 34.8 Å². The third kappa shape index (κ3) is 3.44. The molecule has 2 heterocycles. The number of hydrogen-bond donors (Lipinski definition) is 2. The van der Waals surface area contributed by atoms with Crippen molar-refractivity contribution in [1.82, 2.24) is 4.98 Å². The second-order valence-corrected chi connectivity index (χ2v) is 6.05. The summed E-state index contributed by atoms with van der Waals surface area (Å²) in [6, 6.07) is 5.34. The van der Waals surface area contributed by atoms with E-state index in [1.165, 1.54) is 0 Å². The minimum Gasteiger partial charge on any atom is -0.476 e. The number of nitrogens with one attached hydrogen (secondary N) is 1. The van der Waals surface area contributed by atoms with Crippen LogP contribution in [0.3, 0.4) is 0 Å². The number of pyridine rings is 1. The maximum atomic E-state index is 11.2. The highest BCUT2D eigenvalue weighted by Crippen LogP contribution is 2.37. The minimum absolute atomic E-state index is 0.0288. The maximum Gasteiger partial charge on any atom is 0.356 e. The van der Waals surface area contributed by atoms with Gasteiger partial charge in [-0.2, -0.15) is 5.10 Å². The maximum absolute atomic E-state index is 11.2. The molecule has 1 aliphatic rings. The number of carboxylic acids is 1. The number of carboxylic acid groups (broad SMARTS) is 1. The molecule has 0 bridgehead atoms. The molecule has 0 saturated heterocycles. The Morgan fingerprint density at radius 2 is 1.96 bits per heavy atom. The summed E-state index contributed by atoms with van der Waals surface area (Å²) in [6.45, 7) is 1.92. The zero-order valence-electron chi connectivity index (χ0n) is 12.6. The Kier molecular flexibility index (Phi) is 4.89. The van der Waals surface area contributed by atoms with Crippen LogP contribution < -0.4 is 14.9 Å². The van der Waals surface area contributed by atoms with Gasteiger partial charge in [-0.05, 0) is 25.1 Å². The molecule has 130 valence electrons. The Hall–Kier alpha value is -2.22. The molecule has 0 fully saturated rings. The third-order valence-corrected chi connectivity index (χ3v) is 4.47. The molecule has 25 heavy (non-hydrogen) atoms. The lowest BCUT2D eigenvalue weighted by Gasteiger charge is -2.10. The van der Waals surface area contributed by atoms with Crippen molar-refractivity contribution < 1.29 is 19.4 Å². The normalized spacial score (nSPS) is 13.0. The molecule has 0 spiro atoms. The number of halogens is 3. The number of rotatable bonds is 4. The van der Waals surface area contributed by atoms with E-state index in [0.29, 0.717) is 17.2 Å². The summed E-state index contributed by atoms with van der Waals surface area (Å²) in [5.74, 6) is -0.0612. The zero-order chi connectivity index (χ0) is 18.1. The number of hydrazone groups is 1. The monoisotopic (exact) mass is 401 g/mol. The van der Waals surface area contributed by atoms with Gasteiger partial charge in [0.15, 0.2) is 22.3 Å². The molecule has 0 unspecified atom stereocenters. The Bertz CT molecular complexity index is 902. The Balaban J connectivity index is 1.92. The molecule has 1 aromatic carbocycles. The number of aromatic carboxylic acids is 1. The number of ether oxygens (including phenoxy) is 2. The number of benzene rings is 1. The number of anilines is 1. The molecule has 2 aromatic rings. The van der Waals surface area contributed by atoms with E-state index in [4.69, 9.17) is 49.4 Å². The van der Waals surface area contributed by atoms with E-state index >= 15 is 0 Å². The van der Waals surface area contributed by atoms with Crippen molar-refractivity contribution in [2.45, 2.75) is 6.92 Å². The largest absolute Gasteiger partial charge is 0.476 e. The van der Waals surface area contributed by atoms with Crippen LogP contribution >= 0.6 is 34.8 Å². The van der Waals surface area contributed by atoms with Crippen molar-refractivity contribution >= 4 is 52.2 Å². The molecule has 1 aliphatic heterocycles. The van der Waals surface area contributed by atoms with Crippen LogP contribution in [0, 0.1) is 0 Å². The van der Waals surface area contributed by atoms with E-state index < -0.39 is 11.7 Å². The molecule has 0 aliphatic carbocycles. The van der Waals surface area contributed by atoms with Crippen molar-refractivity contribution in [3.8, 4) is 11.5 Å². The zero-order valence-corrected chi connectivity index (χ0v) is 14.9. The number of fused-ring (bicyclic) bond motifs is 1. The van der Waals surface area contributed by atoms with Crippen molar-refractivity contribution in [3.63, 3.8) is 0 Å². The summed E-state index contributed by atoms with van der Waals surface area (Å²) in [5, 5.41) is 12.9. The molecular formula is C15H10Cl3N3O4. The fourth-order valence-corrected chi connectivity index (χ4v) is 2.75. The van der Waals surface area contributed by atoms with E-state index in [9.17, 15) is 4.79 Å². The van der Waals surface area contributed by atoms with Gasteiger partial charge in [0.25, 0.3) is 0 Å². The van der Waals surface area contributed by atoms with E-state index in [0.717, 1.165) is 5.56 Å². The summed E-state index contributed by atoms with van der Waals surface area (Å²) in [4.78, 5) is 14.8. The number of hydrogen-bond acceptors (Lipinski definition) is 6. The summed E-state index contributed by atoms with van der Waals surface area (Å²) in [7, 11) is 0. The first-order valence-corrected chi connectivity index (χ1v) is 8.00. The molecule has 2 N–H and O–H groups in total. The fraction of sp³-hybridized carbons (Fsp3) is 0.133. The number of carbonyl (C=O) groups is 1. The first-order valence-electron chi connectivity index (χ1n) is 6.86. The lowest BCUT2D eigenvalue weighted by molar-refractivity contribution is 0.0691. The molecule has 0 saturated carbocycles. The standard InChI is InChI=1S/C15H10Cl3N3O4/c1-6(7-2-3-8-9(4-7)25-5-24-8)20-21-12-10(16)13(15(22)23)19-14(18)11(12)17/h2-4H,5H2,1H3,(H,19,21)(H,22,23). The van der Waals surface area contributed by atoms with E-state index in [1.807, 2.05) is 0 Å². The highest BCUT2D eigenvalue weighted by molar-refractivity contribution is 6.46. The van der Waals surface area contributed by atoms with Gasteiger partial charge < -0.3 is 14.6 Å². The topological polar surface area (TPSA) is 93.0 Å². The molecule has 1 aromatic heterocycles. The van der Waals surface area contributed by atoms with Gasteiger partial charge >= 0.3 is 5.97 Å². The van der Waals surface area contributed by atoms with Gasteiger partial charge in [-0.15, -0.1) is 0 Å². The lowest BCUT2D eigenvalue weighted by atomic mass is 10.1. The first kappa shape index (κ1) is 17.6. The molecule has 7 nitrogen and oxygen atoms in total. The van der Waals surface area contributed by atoms with Crippen LogP contribution in [0.15, 0.2) is 23.3 Å². The Morgan fingerprint density at radius 3 is 2.68 bits per heavy atom. The number of nitrogens with zero attached hydrogens (tertiary/aromatic N) is 2. The predicted octanol–water partition coefficient (Wildman–Crippen LogP) is 4.30. The third-order valence-electron chi connectivity index (χ3n) is 3.37. The van der Waals surface area contributed by atoms with Gasteiger partial charge in [0.2, 0.25) is 6.79 Å². The smallest absolute Gasteiger partial charge is 0.356 e. The Morgan fingerprint density at radius 1 is 1.24 bits per heavy atom. The fourth-order valence-electron chi connectivity index (χ4n) is 2.08. The van der Waals surface area contributed by atoms with Gasteiger partial charge in [0.1, 0.15) is 10.0 Å². The Labute approximate surface area is 157 Å². The van der Waals surface area contributed by atoms with Crippen LogP contribution in [0.5, 0.6) is 11.5 Å². The van der Waals surface area contributed by atoms with Gasteiger partial charge in [0, 0.05) is 5.56 Å². The van der Waals surface area contributed by atoms with Gasteiger partial charge in [-0.25, -0.2) is 9.78 Å². The van der Waals surface area contributed by atoms with Crippen molar-refractivity contribution in [2.24, 2.45) is 5.10 Å². The SMILES string of the molecule is CC(=NNc1c(Cl)c(Cl)nc(C(=O)O)c1Cl)c1ccc2c(c1)OCO2. The van der Waals surface area contributed by atoms with Crippen LogP contribution in [0.25, 0.3) is 0 Å². The van der Waals surface area contributed by atoms with E-state index in [2.05, 4.69) is 15.5 Å². The second-order valence-electron chi connectivity index (χ2n) is 4.94. The van der Waals surface area contributed by atoms with Crippen LogP contribution in [0.4, 0.5) is 5.69 Å². The van der Waals surface area contributed by atoms with Gasteiger partial charge in [0.05, 0.1) is 11.4 Å². The van der Waals surface area contributed by atoms with Crippen molar-refractivity contribution in [2.75, 3.05) is 12.2 Å². The lowest BCUT2D eigenvalue weighted by Crippen LogP contribution is -2.06. The number of aromatic nitrogens is 1. The first-order chi connectivity index (χ1) is 11.9. The van der Waals surface area contributed by atoms with Crippen molar-refractivity contribution in [3.05, 3.63) is 44.7 Å². The predicted molar refractivity (Wildman–Crippen MR) is 94.6 cm³/mol.